The summed E-state index contributed by atoms with van der Waals surface area (Å²) in [4.78, 5) is 26.2. The Balaban J connectivity index is 1.77. The Morgan fingerprint density at radius 1 is 1.03 bits per heavy atom. The normalized spacial score (nSPS) is 15.0. The maximum absolute atomic E-state index is 12.6. The molecule has 0 radical (unpaired) electrons. The van der Waals surface area contributed by atoms with Crippen LogP contribution in [0.15, 0.2) is 24.3 Å². The zero-order chi connectivity index (χ0) is 21.2. The summed E-state index contributed by atoms with van der Waals surface area (Å²) >= 11 is 6.03. The van der Waals surface area contributed by atoms with Gasteiger partial charge in [-0.25, -0.2) is 9.97 Å². The minimum atomic E-state index is 0.0147. The molecule has 0 saturated carbocycles. The standard InChI is InChI=1S/C23H31ClN4O/c1-16-20(14-18-6-8-19(24)9-7-18)22(26-17(2)25-16)28-12-10-27(11-13-28)21(29)15-23(3,4)5/h6-9H,10-15H2,1-5H3. The van der Waals surface area contributed by atoms with Gasteiger partial charge in [0.05, 0.1) is 0 Å². The van der Waals surface area contributed by atoms with E-state index in [0.29, 0.717) is 6.42 Å². The van der Waals surface area contributed by atoms with Crippen molar-refractivity contribution in [3.63, 3.8) is 0 Å². The van der Waals surface area contributed by atoms with Crippen LogP contribution in [0.25, 0.3) is 0 Å². The topological polar surface area (TPSA) is 49.3 Å². The second kappa shape index (κ2) is 8.70. The quantitative estimate of drug-likeness (QED) is 0.742. The molecular weight excluding hydrogens is 384 g/mol. The molecule has 1 aromatic heterocycles. The van der Waals surface area contributed by atoms with Crippen LogP contribution in [0.3, 0.4) is 0 Å². The summed E-state index contributed by atoms with van der Waals surface area (Å²) in [5, 5.41) is 0.738. The van der Waals surface area contributed by atoms with Crippen LogP contribution in [0.5, 0.6) is 0 Å². The van der Waals surface area contributed by atoms with E-state index < -0.39 is 0 Å². The molecule has 0 spiro atoms. The molecule has 1 aliphatic heterocycles. The lowest BCUT2D eigenvalue weighted by molar-refractivity contribution is -0.133. The van der Waals surface area contributed by atoms with Crippen molar-refractivity contribution < 1.29 is 4.79 Å². The number of aryl methyl sites for hydroxylation is 2. The van der Waals surface area contributed by atoms with E-state index in [-0.39, 0.29) is 11.3 Å². The fourth-order valence-corrected chi connectivity index (χ4v) is 3.85. The summed E-state index contributed by atoms with van der Waals surface area (Å²) in [5.74, 6) is 2.02. The molecule has 5 nitrogen and oxygen atoms in total. The second-order valence-corrected chi connectivity index (χ2v) is 9.50. The highest BCUT2D eigenvalue weighted by Crippen LogP contribution is 2.26. The van der Waals surface area contributed by atoms with E-state index in [0.717, 1.165) is 60.5 Å². The van der Waals surface area contributed by atoms with E-state index in [1.165, 1.54) is 5.56 Å². The molecule has 3 rings (SSSR count). The third-order valence-corrected chi connectivity index (χ3v) is 5.46. The molecule has 1 aromatic carbocycles. The van der Waals surface area contributed by atoms with E-state index in [1.54, 1.807) is 0 Å². The molecule has 156 valence electrons. The van der Waals surface area contributed by atoms with Gasteiger partial charge in [-0.15, -0.1) is 0 Å². The molecule has 0 bridgehead atoms. The molecule has 0 atom stereocenters. The van der Waals surface area contributed by atoms with Gasteiger partial charge in [0, 0.05) is 55.3 Å². The van der Waals surface area contributed by atoms with Crippen LogP contribution in [-0.4, -0.2) is 47.0 Å². The van der Waals surface area contributed by atoms with Gasteiger partial charge in [-0.3, -0.25) is 4.79 Å². The van der Waals surface area contributed by atoms with Gasteiger partial charge in [-0.1, -0.05) is 44.5 Å². The Labute approximate surface area is 179 Å². The number of anilines is 1. The highest BCUT2D eigenvalue weighted by atomic mass is 35.5. The zero-order valence-electron chi connectivity index (χ0n) is 18.1. The molecule has 29 heavy (non-hydrogen) atoms. The summed E-state index contributed by atoms with van der Waals surface area (Å²) in [5.41, 5.74) is 3.35. The van der Waals surface area contributed by atoms with Crippen molar-refractivity contribution in [2.45, 2.75) is 47.5 Å². The molecule has 6 heteroatoms. The Morgan fingerprint density at radius 3 is 2.24 bits per heavy atom. The van der Waals surface area contributed by atoms with Crippen LogP contribution in [0, 0.1) is 19.3 Å². The molecule has 0 N–H and O–H groups in total. The highest BCUT2D eigenvalue weighted by molar-refractivity contribution is 6.30. The third kappa shape index (κ3) is 5.69. The Morgan fingerprint density at radius 2 is 1.66 bits per heavy atom. The van der Waals surface area contributed by atoms with Crippen LogP contribution in [0.2, 0.25) is 5.02 Å². The van der Waals surface area contributed by atoms with Crippen molar-refractivity contribution >= 4 is 23.3 Å². The summed E-state index contributed by atoms with van der Waals surface area (Å²) in [6.45, 7) is 13.4. The average molecular weight is 415 g/mol. The number of halogens is 1. The second-order valence-electron chi connectivity index (χ2n) is 9.07. The predicted octanol–water partition coefficient (Wildman–Crippen LogP) is 4.42. The minimum Gasteiger partial charge on any atom is -0.353 e. The molecule has 2 heterocycles. The summed E-state index contributed by atoms with van der Waals surface area (Å²) in [6.07, 6.45) is 1.35. The average Bonchev–Trinajstić information content (AvgIpc) is 2.64. The van der Waals surface area contributed by atoms with Crippen molar-refractivity contribution in [2.75, 3.05) is 31.1 Å². The number of carbonyl (C=O) groups excluding carboxylic acids is 1. The monoisotopic (exact) mass is 414 g/mol. The van der Waals surface area contributed by atoms with Gasteiger partial charge >= 0.3 is 0 Å². The van der Waals surface area contributed by atoms with E-state index in [4.69, 9.17) is 16.6 Å². The number of hydrogen-bond donors (Lipinski definition) is 0. The first-order valence-electron chi connectivity index (χ1n) is 10.2. The van der Waals surface area contributed by atoms with E-state index in [1.807, 2.05) is 30.9 Å². The van der Waals surface area contributed by atoms with Gasteiger partial charge in [0.15, 0.2) is 0 Å². The SMILES string of the molecule is Cc1nc(C)c(Cc2ccc(Cl)cc2)c(N2CCN(C(=O)CC(C)(C)C)CC2)n1. The van der Waals surface area contributed by atoms with Gasteiger partial charge in [0.1, 0.15) is 11.6 Å². The predicted molar refractivity (Wildman–Crippen MR) is 119 cm³/mol. The number of hydrogen-bond acceptors (Lipinski definition) is 4. The van der Waals surface area contributed by atoms with Crippen molar-refractivity contribution in [2.24, 2.45) is 5.41 Å². The lowest BCUT2D eigenvalue weighted by Crippen LogP contribution is -2.50. The molecule has 1 amide bonds. The van der Waals surface area contributed by atoms with Crippen molar-refractivity contribution in [1.29, 1.82) is 0 Å². The first kappa shape index (κ1) is 21.6. The number of piperazine rings is 1. The molecule has 0 unspecified atom stereocenters. The number of nitrogens with zero attached hydrogens (tertiary/aromatic N) is 4. The maximum Gasteiger partial charge on any atom is 0.223 e. The van der Waals surface area contributed by atoms with Crippen LogP contribution in [-0.2, 0) is 11.2 Å². The number of amides is 1. The smallest absolute Gasteiger partial charge is 0.223 e. The Bertz CT molecular complexity index is 866. The van der Waals surface area contributed by atoms with E-state index in [9.17, 15) is 4.79 Å². The van der Waals surface area contributed by atoms with E-state index >= 15 is 0 Å². The summed E-state index contributed by atoms with van der Waals surface area (Å²) < 4.78 is 0. The van der Waals surface area contributed by atoms with Crippen LogP contribution < -0.4 is 4.90 Å². The molecule has 1 fully saturated rings. The van der Waals surface area contributed by atoms with Gasteiger partial charge in [-0.05, 0) is 37.0 Å². The Hall–Kier alpha value is -2.14. The van der Waals surface area contributed by atoms with Gasteiger partial charge in [0.2, 0.25) is 5.91 Å². The fourth-order valence-electron chi connectivity index (χ4n) is 3.73. The van der Waals surface area contributed by atoms with Crippen molar-refractivity contribution in [3.05, 3.63) is 51.9 Å². The van der Waals surface area contributed by atoms with Crippen molar-refractivity contribution in [1.82, 2.24) is 14.9 Å². The highest BCUT2D eigenvalue weighted by Gasteiger charge is 2.27. The molecule has 1 aliphatic rings. The lowest BCUT2D eigenvalue weighted by Gasteiger charge is -2.37. The Kier molecular flexibility index (Phi) is 6.47. The summed E-state index contributed by atoms with van der Waals surface area (Å²) in [6, 6.07) is 7.93. The van der Waals surface area contributed by atoms with E-state index in [2.05, 4.69) is 42.8 Å². The van der Waals surface area contributed by atoms with Crippen LogP contribution in [0.4, 0.5) is 5.82 Å². The maximum atomic E-state index is 12.6. The minimum absolute atomic E-state index is 0.0147. The zero-order valence-corrected chi connectivity index (χ0v) is 18.9. The lowest BCUT2D eigenvalue weighted by atomic mass is 9.91. The first-order chi connectivity index (χ1) is 13.6. The van der Waals surface area contributed by atoms with Gasteiger partial charge < -0.3 is 9.80 Å². The first-order valence-corrected chi connectivity index (χ1v) is 10.6. The number of aromatic nitrogens is 2. The number of rotatable bonds is 4. The number of benzene rings is 1. The number of carbonyl (C=O) groups is 1. The fraction of sp³-hybridized carbons (Fsp3) is 0.522. The molecule has 1 saturated heterocycles. The summed E-state index contributed by atoms with van der Waals surface area (Å²) in [7, 11) is 0. The third-order valence-electron chi connectivity index (χ3n) is 5.21. The van der Waals surface area contributed by atoms with Crippen LogP contribution >= 0.6 is 11.6 Å². The van der Waals surface area contributed by atoms with Gasteiger partial charge in [-0.2, -0.15) is 0 Å². The molecular formula is C23H31ClN4O. The van der Waals surface area contributed by atoms with Crippen molar-refractivity contribution in [3.8, 4) is 0 Å². The van der Waals surface area contributed by atoms with Gasteiger partial charge in [0.25, 0.3) is 0 Å². The largest absolute Gasteiger partial charge is 0.353 e. The van der Waals surface area contributed by atoms with Crippen LogP contribution in [0.1, 0.15) is 49.8 Å². The molecule has 2 aromatic rings. The molecule has 0 aliphatic carbocycles.